The van der Waals surface area contributed by atoms with E-state index in [1.165, 1.54) is 22.9 Å². The molecule has 0 bridgehead atoms. The van der Waals surface area contributed by atoms with Crippen LogP contribution in [0.4, 0.5) is 14.5 Å². The van der Waals surface area contributed by atoms with Crippen molar-refractivity contribution < 1.29 is 13.6 Å². The second-order valence-corrected chi connectivity index (χ2v) is 7.16. The molecule has 1 aromatic heterocycles. The summed E-state index contributed by atoms with van der Waals surface area (Å²) in [5, 5.41) is 4.01. The van der Waals surface area contributed by atoms with E-state index in [1.807, 2.05) is 18.1 Å². The average Bonchev–Trinajstić information content (AvgIpc) is 3.40. The van der Waals surface area contributed by atoms with E-state index in [0.29, 0.717) is 47.9 Å². The van der Waals surface area contributed by atoms with Crippen LogP contribution in [-0.4, -0.2) is 28.9 Å². The zero-order valence-electron chi connectivity index (χ0n) is 16.8. The number of anilines is 1. The van der Waals surface area contributed by atoms with Crippen LogP contribution in [0.5, 0.6) is 0 Å². The quantitative estimate of drug-likeness (QED) is 0.424. The van der Waals surface area contributed by atoms with Gasteiger partial charge < -0.3 is 4.90 Å². The number of nitrogens with zero attached hydrogens (tertiary/aromatic N) is 4. The highest BCUT2D eigenvalue weighted by atomic mass is 19.1. The monoisotopic (exact) mass is 418 g/mol. The minimum atomic E-state index is -0.438. The van der Waals surface area contributed by atoms with Crippen molar-refractivity contribution in [3.8, 4) is 11.3 Å². The number of hydrogen-bond donors (Lipinski definition) is 0. The van der Waals surface area contributed by atoms with E-state index in [0.717, 1.165) is 12.0 Å². The van der Waals surface area contributed by atoms with Gasteiger partial charge in [0.25, 0.3) is 0 Å². The lowest BCUT2D eigenvalue weighted by Crippen LogP contribution is -2.18. The summed E-state index contributed by atoms with van der Waals surface area (Å²) < 4.78 is 29.7. The molecule has 0 amide bonds. The summed E-state index contributed by atoms with van der Waals surface area (Å²) in [6.07, 6.45) is 7.14. The van der Waals surface area contributed by atoms with Gasteiger partial charge in [0, 0.05) is 25.2 Å². The van der Waals surface area contributed by atoms with Crippen molar-refractivity contribution in [1.29, 1.82) is 0 Å². The highest BCUT2D eigenvalue weighted by Gasteiger charge is 2.23. The Kier molecular flexibility index (Phi) is 5.87. The molecule has 3 aromatic rings. The van der Waals surface area contributed by atoms with E-state index in [2.05, 4.69) is 16.8 Å². The third kappa shape index (κ3) is 4.22. The van der Waals surface area contributed by atoms with Crippen molar-refractivity contribution >= 4 is 24.4 Å². The van der Waals surface area contributed by atoms with Gasteiger partial charge in [0.2, 0.25) is 0 Å². The first-order valence-electron chi connectivity index (χ1n) is 9.88. The molecule has 1 saturated heterocycles. The van der Waals surface area contributed by atoms with Crippen molar-refractivity contribution in [2.75, 3.05) is 11.4 Å². The van der Waals surface area contributed by atoms with Crippen LogP contribution >= 0.6 is 0 Å². The first-order chi connectivity index (χ1) is 15.1. The van der Waals surface area contributed by atoms with E-state index >= 15 is 0 Å². The Labute approximate surface area is 178 Å². The Hall–Kier alpha value is -3.83. The molecular formula is C24H20F2N4O. The first kappa shape index (κ1) is 20.4. The Morgan fingerprint density at radius 2 is 2.10 bits per heavy atom. The molecule has 0 radical (unpaired) electrons. The molecule has 0 unspecified atom stereocenters. The summed E-state index contributed by atoms with van der Waals surface area (Å²) in [4.78, 5) is 17.1. The Morgan fingerprint density at radius 1 is 1.23 bits per heavy atom. The van der Waals surface area contributed by atoms with Crippen molar-refractivity contribution in [3.05, 3.63) is 83.5 Å². The zero-order chi connectivity index (χ0) is 21.8. The maximum absolute atomic E-state index is 14.9. The molecule has 31 heavy (non-hydrogen) atoms. The molecule has 0 N–H and O–H groups in total. The largest absolute Gasteiger partial charge is 0.333 e. The number of hydrogen-bond acceptors (Lipinski definition) is 4. The highest BCUT2D eigenvalue weighted by Crippen LogP contribution is 2.32. The summed E-state index contributed by atoms with van der Waals surface area (Å²) in [7, 11) is 0. The summed E-state index contributed by atoms with van der Waals surface area (Å²) in [6, 6.07) is 11.2. The van der Waals surface area contributed by atoms with E-state index in [-0.39, 0.29) is 5.82 Å². The van der Waals surface area contributed by atoms with Crippen LogP contribution in [0.15, 0.2) is 65.5 Å². The van der Waals surface area contributed by atoms with Crippen molar-refractivity contribution in [1.82, 2.24) is 9.66 Å². The van der Waals surface area contributed by atoms with Crippen LogP contribution in [0.25, 0.3) is 17.3 Å². The fraction of sp³-hybridized carbons (Fsp3) is 0.167. The van der Waals surface area contributed by atoms with Crippen LogP contribution in [-0.2, 0) is 11.2 Å². The average molecular weight is 418 g/mol. The van der Waals surface area contributed by atoms with Gasteiger partial charge >= 0.3 is 0 Å². The number of benzene rings is 2. The van der Waals surface area contributed by atoms with Crippen LogP contribution in [0.3, 0.4) is 0 Å². The molecule has 1 aliphatic heterocycles. The molecule has 0 aliphatic carbocycles. The van der Waals surface area contributed by atoms with Gasteiger partial charge in [0.15, 0.2) is 5.82 Å². The van der Waals surface area contributed by atoms with Gasteiger partial charge in [-0.1, -0.05) is 24.3 Å². The summed E-state index contributed by atoms with van der Waals surface area (Å²) >= 11 is 0. The molecule has 2 aromatic carbocycles. The van der Waals surface area contributed by atoms with Crippen molar-refractivity contribution in [3.63, 3.8) is 0 Å². The van der Waals surface area contributed by atoms with Crippen LogP contribution in [0.1, 0.15) is 24.2 Å². The fourth-order valence-electron chi connectivity index (χ4n) is 3.72. The van der Waals surface area contributed by atoms with Crippen molar-refractivity contribution in [2.45, 2.75) is 19.3 Å². The molecule has 1 fully saturated rings. The molecule has 0 spiro atoms. The molecule has 1 aliphatic rings. The summed E-state index contributed by atoms with van der Waals surface area (Å²) in [5.74, 6) is 1.71. The van der Waals surface area contributed by atoms with Gasteiger partial charge in [-0.25, -0.2) is 23.2 Å². The lowest BCUT2D eigenvalue weighted by molar-refractivity contribution is 0.566. The van der Waals surface area contributed by atoms with Crippen LogP contribution < -0.4 is 4.90 Å². The Morgan fingerprint density at radius 3 is 2.84 bits per heavy atom. The predicted octanol–water partition coefficient (Wildman–Crippen LogP) is 4.86. The minimum absolute atomic E-state index is 0.280. The molecular weight excluding hydrogens is 398 g/mol. The third-order valence-electron chi connectivity index (χ3n) is 5.19. The molecule has 7 heteroatoms. The molecule has 0 atom stereocenters. The maximum Gasteiger partial charge on any atom is 0.153 e. The molecule has 0 saturated carbocycles. The smallest absolute Gasteiger partial charge is 0.153 e. The van der Waals surface area contributed by atoms with Gasteiger partial charge in [0.05, 0.1) is 17.6 Å². The van der Waals surface area contributed by atoms with Crippen LogP contribution in [0, 0.1) is 11.6 Å². The van der Waals surface area contributed by atoms with Gasteiger partial charge in [-0.2, -0.15) is 5.10 Å². The Balaban J connectivity index is 1.58. The fourth-order valence-corrected chi connectivity index (χ4v) is 3.72. The number of carbonyl (C=O) groups excluding carboxylic acids is 1. The van der Waals surface area contributed by atoms with Gasteiger partial charge in [-0.3, -0.25) is 0 Å². The number of allylic oxidation sites excluding steroid dienone is 2. The highest BCUT2D eigenvalue weighted by molar-refractivity contribution is 5.70. The van der Waals surface area contributed by atoms with Crippen LogP contribution in [0.2, 0.25) is 0 Å². The summed E-state index contributed by atoms with van der Waals surface area (Å²) in [6.45, 7) is 4.18. The molecule has 2 heterocycles. The molecule has 5 nitrogen and oxygen atoms in total. The standard InChI is InChI=1S/C24H20F2N4O/c1-27-30-23(15-28-24(30)9-3-6-17-5-2-7-19(25)13-17)18-10-11-22(21(26)14-18)29-12-4-8-20(29)16-31/h2-3,5,7,9-11,13-15H,1,4,6,8,12H2/b9-3-. The van der Waals surface area contributed by atoms with Gasteiger partial charge in [-0.15, -0.1) is 0 Å². The summed E-state index contributed by atoms with van der Waals surface area (Å²) in [5.41, 5.74) is 2.83. The first-order valence-corrected chi connectivity index (χ1v) is 9.88. The number of aromatic nitrogens is 2. The lowest BCUT2D eigenvalue weighted by atomic mass is 10.1. The topological polar surface area (TPSA) is 50.5 Å². The SMILES string of the molecule is C=Nn1c(-c2ccc(N3CCCC3=C=O)c(F)c2)cnc1/C=C\Cc1cccc(F)c1. The minimum Gasteiger partial charge on any atom is -0.333 e. The van der Waals surface area contributed by atoms with E-state index < -0.39 is 5.82 Å². The van der Waals surface area contributed by atoms with E-state index in [4.69, 9.17) is 0 Å². The number of imidazole rings is 1. The predicted molar refractivity (Wildman–Crippen MR) is 117 cm³/mol. The van der Waals surface area contributed by atoms with Gasteiger partial charge in [0.1, 0.15) is 23.3 Å². The van der Waals surface area contributed by atoms with E-state index in [9.17, 15) is 13.6 Å². The third-order valence-corrected chi connectivity index (χ3v) is 5.19. The van der Waals surface area contributed by atoms with Gasteiger partial charge in [-0.05, 0) is 48.7 Å². The maximum atomic E-state index is 14.9. The zero-order valence-corrected chi connectivity index (χ0v) is 16.8. The molecule has 4 rings (SSSR count). The van der Waals surface area contributed by atoms with Crippen molar-refractivity contribution in [2.24, 2.45) is 5.10 Å². The second-order valence-electron chi connectivity index (χ2n) is 7.16. The number of rotatable bonds is 6. The lowest BCUT2D eigenvalue weighted by Gasteiger charge is -2.19. The molecule has 156 valence electrons. The van der Waals surface area contributed by atoms with E-state index in [1.54, 1.807) is 35.4 Å². The second kappa shape index (κ2) is 8.90. The number of halogens is 2. The normalized spacial score (nSPS) is 13.7. The Bertz CT molecular complexity index is 1210.